The van der Waals surface area contributed by atoms with Crippen molar-refractivity contribution in [3.05, 3.63) is 54.5 Å². The molecule has 0 aliphatic heterocycles. The van der Waals surface area contributed by atoms with Gasteiger partial charge < -0.3 is 5.32 Å². The highest BCUT2D eigenvalue weighted by Crippen LogP contribution is 2.21. The van der Waals surface area contributed by atoms with E-state index in [9.17, 15) is 0 Å². The number of aromatic amines is 1. The second-order valence-electron chi connectivity index (χ2n) is 4.32. The van der Waals surface area contributed by atoms with Gasteiger partial charge in [-0.25, -0.2) is 0 Å². The Hall–Kier alpha value is -2.36. The first-order valence-electron chi connectivity index (χ1n) is 5.92. The fraction of sp³-hybridized carbons (Fsp3) is 0.143. The lowest BCUT2D eigenvalue weighted by atomic mass is 10.1. The molecule has 90 valence electrons. The molecule has 3 aromatic rings. The maximum absolute atomic E-state index is 4.13. The Kier molecular flexibility index (Phi) is 2.68. The number of nitrogens with one attached hydrogen (secondary N) is 2. The zero-order chi connectivity index (χ0) is 12.4. The molecule has 0 bridgehead atoms. The minimum Gasteiger partial charge on any atom is -0.378 e. The summed E-state index contributed by atoms with van der Waals surface area (Å²) in [6, 6.07) is 10.4. The van der Waals surface area contributed by atoms with Crippen LogP contribution in [0.4, 0.5) is 5.69 Å². The van der Waals surface area contributed by atoms with Crippen molar-refractivity contribution in [3.63, 3.8) is 0 Å². The Morgan fingerprint density at radius 2 is 2.17 bits per heavy atom. The highest BCUT2D eigenvalue weighted by Gasteiger charge is 2.05. The lowest BCUT2D eigenvalue weighted by Crippen LogP contribution is -2.06. The van der Waals surface area contributed by atoms with E-state index >= 15 is 0 Å². The van der Waals surface area contributed by atoms with Gasteiger partial charge >= 0.3 is 0 Å². The monoisotopic (exact) mass is 238 g/mol. The van der Waals surface area contributed by atoms with Crippen molar-refractivity contribution < 1.29 is 0 Å². The van der Waals surface area contributed by atoms with Crippen LogP contribution >= 0.6 is 0 Å². The molecular formula is C14H14N4. The Bertz CT molecular complexity index is 645. The molecule has 1 unspecified atom stereocenters. The summed E-state index contributed by atoms with van der Waals surface area (Å²) in [6.07, 6.45) is 5.49. The van der Waals surface area contributed by atoms with E-state index in [4.69, 9.17) is 0 Å². The number of hydrogen-bond donors (Lipinski definition) is 2. The topological polar surface area (TPSA) is 53.6 Å². The van der Waals surface area contributed by atoms with Gasteiger partial charge in [-0.05, 0) is 36.8 Å². The van der Waals surface area contributed by atoms with E-state index in [1.165, 1.54) is 5.56 Å². The van der Waals surface area contributed by atoms with Crippen molar-refractivity contribution in [3.8, 4) is 0 Å². The van der Waals surface area contributed by atoms with Crippen molar-refractivity contribution >= 4 is 16.6 Å². The van der Waals surface area contributed by atoms with Crippen molar-refractivity contribution in [1.29, 1.82) is 0 Å². The molecule has 2 N–H and O–H groups in total. The van der Waals surface area contributed by atoms with Crippen LogP contribution in [0.1, 0.15) is 18.5 Å². The van der Waals surface area contributed by atoms with Gasteiger partial charge in [-0.1, -0.05) is 6.07 Å². The molecule has 4 nitrogen and oxygen atoms in total. The summed E-state index contributed by atoms with van der Waals surface area (Å²) in [5, 5.41) is 11.6. The largest absolute Gasteiger partial charge is 0.378 e. The van der Waals surface area contributed by atoms with Gasteiger partial charge in [-0.3, -0.25) is 10.1 Å². The highest BCUT2D eigenvalue weighted by atomic mass is 15.1. The Morgan fingerprint density at radius 1 is 1.22 bits per heavy atom. The second kappa shape index (κ2) is 4.49. The number of H-pyrrole nitrogens is 1. The number of hydrogen-bond acceptors (Lipinski definition) is 3. The van der Waals surface area contributed by atoms with E-state index in [0.717, 1.165) is 16.6 Å². The molecule has 1 atom stereocenters. The average molecular weight is 238 g/mol. The predicted molar refractivity (Wildman–Crippen MR) is 72.4 cm³/mol. The molecule has 1 aromatic carbocycles. The summed E-state index contributed by atoms with van der Waals surface area (Å²) < 4.78 is 0. The van der Waals surface area contributed by atoms with Crippen LogP contribution < -0.4 is 5.32 Å². The fourth-order valence-corrected chi connectivity index (χ4v) is 1.99. The van der Waals surface area contributed by atoms with E-state index in [-0.39, 0.29) is 6.04 Å². The number of fused-ring (bicyclic) bond motifs is 1. The van der Waals surface area contributed by atoms with Crippen LogP contribution in [0.5, 0.6) is 0 Å². The molecule has 0 radical (unpaired) electrons. The number of rotatable bonds is 3. The molecule has 0 fully saturated rings. The first-order chi connectivity index (χ1) is 8.83. The molecule has 0 aliphatic rings. The van der Waals surface area contributed by atoms with Gasteiger partial charge in [0.15, 0.2) is 0 Å². The average Bonchev–Trinajstić information content (AvgIpc) is 2.87. The number of anilines is 1. The fourth-order valence-electron chi connectivity index (χ4n) is 1.99. The normalized spacial score (nSPS) is 12.5. The van der Waals surface area contributed by atoms with Crippen LogP contribution in [0, 0.1) is 0 Å². The Morgan fingerprint density at radius 3 is 3.00 bits per heavy atom. The van der Waals surface area contributed by atoms with Gasteiger partial charge in [0.25, 0.3) is 0 Å². The zero-order valence-corrected chi connectivity index (χ0v) is 10.1. The number of pyridine rings is 1. The van der Waals surface area contributed by atoms with Crippen LogP contribution in [-0.2, 0) is 0 Å². The summed E-state index contributed by atoms with van der Waals surface area (Å²) in [5.41, 5.74) is 3.28. The SMILES string of the molecule is CC(Nc1ccc2cn[nH]c2c1)c1cccnc1. The number of nitrogens with zero attached hydrogens (tertiary/aromatic N) is 2. The van der Waals surface area contributed by atoms with Gasteiger partial charge in [0.05, 0.1) is 17.8 Å². The van der Waals surface area contributed by atoms with Gasteiger partial charge in [0.1, 0.15) is 0 Å². The molecule has 0 saturated carbocycles. The third-order valence-electron chi connectivity index (χ3n) is 3.01. The third kappa shape index (κ3) is 2.05. The minimum atomic E-state index is 0.221. The van der Waals surface area contributed by atoms with Crippen LogP contribution in [-0.4, -0.2) is 15.2 Å². The summed E-state index contributed by atoms with van der Waals surface area (Å²) >= 11 is 0. The third-order valence-corrected chi connectivity index (χ3v) is 3.01. The van der Waals surface area contributed by atoms with Crippen LogP contribution in [0.3, 0.4) is 0 Å². The lowest BCUT2D eigenvalue weighted by molar-refractivity contribution is 0.876. The van der Waals surface area contributed by atoms with Gasteiger partial charge in [-0.15, -0.1) is 0 Å². The maximum Gasteiger partial charge on any atom is 0.0670 e. The van der Waals surface area contributed by atoms with E-state index < -0.39 is 0 Å². The maximum atomic E-state index is 4.13. The second-order valence-corrected chi connectivity index (χ2v) is 4.32. The molecule has 0 aliphatic carbocycles. The first-order valence-corrected chi connectivity index (χ1v) is 5.92. The minimum absolute atomic E-state index is 0.221. The predicted octanol–water partition coefficient (Wildman–Crippen LogP) is 3.13. The molecule has 18 heavy (non-hydrogen) atoms. The van der Waals surface area contributed by atoms with Gasteiger partial charge in [0.2, 0.25) is 0 Å². The van der Waals surface area contributed by atoms with Crippen molar-refractivity contribution in [1.82, 2.24) is 15.2 Å². The molecule has 2 aromatic heterocycles. The summed E-state index contributed by atoms with van der Waals surface area (Å²) in [5.74, 6) is 0. The zero-order valence-electron chi connectivity index (χ0n) is 10.1. The lowest BCUT2D eigenvalue weighted by Gasteiger charge is -2.15. The standard InChI is InChI=1S/C14H14N4/c1-10(11-3-2-6-15-8-11)17-13-5-4-12-9-16-18-14(12)7-13/h2-10,17H,1H3,(H,16,18). The van der Waals surface area contributed by atoms with Crippen LogP contribution in [0.15, 0.2) is 48.9 Å². The van der Waals surface area contributed by atoms with Crippen LogP contribution in [0.25, 0.3) is 10.9 Å². The highest BCUT2D eigenvalue weighted by molar-refractivity contribution is 5.81. The van der Waals surface area contributed by atoms with E-state index in [2.05, 4.69) is 51.7 Å². The first kappa shape index (κ1) is 10.8. The molecular weight excluding hydrogens is 224 g/mol. The molecule has 3 rings (SSSR count). The van der Waals surface area contributed by atoms with Gasteiger partial charge in [0, 0.05) is 23.5 Å². The number of aromatic nitrogens is 3. The summed E-state index contributed by atoms with van der Waals surface area (Å²) in [7, 11) is 0. The molecule has 0 spiro atoms. The quantitative estimate of drug-likeness (QED) is 0.737. The van der Waals surface area contributed by atoms with E-state index in [0.29, 0.717) is 0 Å². The molecule has 0 saturated heterocycles. The summed E-state index contributed by atoms with van der Waals surface area (Å²) in [4.78, 5) is 4.13. The molecule has 0 amide bonds. The Balaban J connectivity index is 1.83. The van der Waals surface area contributed by atoms with Crippen LogP contribution in [0.2, 0.25) is 0 Å². The van der Waals surface area contributed by atoms with E-state index in [1.807, 2.05) is 18.5 Å². The number of benzene rings is 1. The molecule has 2 heterocycles. The van der Waals surface area contributed by atoms with Crippen molar-refractivity contribution in [2.24, 2.45) is 0 Å². The Labute approximate surface area is 105 Å². The molecule has 4 heteroatoms. The van der Waals surface area contributed by atoms with Crippen molar-refractivity contribution in [2.75, 3.05) is 5.32 Å². The van der Waals surface area contributed by atoms with Gasteiger partial charge in [-0.2, -0.15) is 5.10 Å². The summed E-state index contributed by atoms with van der Waals surface area (Å²) in [6.45, 7) is 2.12. The van der Waals surface area contributed by atoms with Crippen molar-refractivity contribution in [2.45, 2.75) is 13.0 Å². The smallest absolute Gasteiger partial charge is 0.0670 e. The van der Waals surface area contributed by atoms with E-state index in [1.54, 1.807) is 6.20 Å².